The molecule has 0 spiro atoms. The van der Waals surface area contributed by atoms with Crippen molar-refractivity contribution < 1.29 is 32.0 Å². The first-order chi connectivity index (χ1) is 16.3. The van der Waals surface area contributed by atoms with Crippen LogP contribution in [0.4, 0.5) is 13.2 Å². The summed E-state index contributed by atoms with van der Waals surface area (Å²) in [4.78, 5) is 11.7. The smallest absolute Gasteiger partial charge is 0.489 e. The fraction of sp³-hybridized carbons (Fsp3) is 0.308. The van der Waals surface area contributed by atoms with E-state index in [9.17, 15) is 18.0 Å². The lowest BCUT2D eigenvalue weighted by Crippen LogP contribution is -2.18. The predicted molar refractivity (Wildman–Crippen MR) is 119 cm³/mol. The van der Waals surface area contributed by atoms with Gasteiger partial charge < -0.3 is 14.0 Å². The van der Waals surface area contributed by atoms with Gasteiger partial charge in [0, 0.05) is 24.0 Å². The van der Waals surface area contributed by atoms with Crippen LogP contribution in [0.5, 0.6) is 11.5 Å². The van der Waals surface area contributed by atoms with Crippen molar-refractivity contribution in [3.63, 3.8) is 0 Å². The molecule has 0 radical (unpaired) electrons. The van der Waals surface area contributed by atoms with Crippen molar-refractivity contribution in [3.8, 4) is 11.5 Å². The number of hydrogen-bond acceptors (Lipinski definition) is 5. The number of alkyl halides is 3. The van der Waals surface area contributed by atoms with Gasteiger partial charge in [-0.1, -0.05) is 29.4 Å². The number of ether oxygens (including phenoxy) is 2. The number of halogens is 3. The molecule has 0 amide bonds. The van der Waals surface area contributed by atoms with Gasteiger partial charge in [-0.15, -0.1) is 13.2 Å². The number of hydrogen-bond donors (Lipinski definition) is 0. The van der Waals surface area contributed by atoms with Crippen LogP contribution in [0.25, 0.3) is 5.57 Å². The average molecular weight is 471 g/mol. The Bertz CT molecular complexity index is 1150. The molecule has 0 aliphatic heterocycles. The highest BCUT2D eigenvalue weighted by molar-refractivity contribution is 5.77. The van der Waals surface area contributed by atoms with Crippen LogP contribution in [0.3, 0.4) is 0 Å². The van der Waals surface area contributed by atoms with E-state index in [1.54, 1.807) is 30.3 Å². The van der Waals surface area contributed by atoms with Crippen molar-refractivity contribution in [3.05, 3.63) is 83.3 Å². The molecule has 34 heavy (non-hydrogen) atoms. The SMILES string of the molecule is CC(=O)C[C@@H](c1ccc(OCc2ccc(OC(F)(F)F)c(C3=CCCC3)c2)cc1)c1ccon1. The highest BCUT2D eigenvalue weighted by atomic mass is 19.4. The zero-order valence-electron chi connectivity index (χ0n) is 18.6. The van der Waals surface area contributed by atoms with Crippen LogP contribution in [-0.4, -0.2) is 17.3 Å². The fourth-order valence-electron chi connectivity index (χ4n) is 4.09. The Morgan fingerprint density at radius 3 is 2.56 bits per heavy atom. The molecule has 0 saturated heterocycles. The molecular formula is C26H24F3NO4. The molecule has 0 N–H and O–H groups in total. The van der Waals surface area contributed by atoms with E-state index in [4.69, 9.17) is 9.26 Å². The van der Waals surface area contributed by atoms with Crippen molar-refractivity contribution in [1.82, 2.24) is 5.16 Å². The maximum atomic E-state index is 12.8. The lowest BCUT2D eigenvalue weighted by atomic mass is 9.91. The van der Waals surface area contributed by atoms with E-state index in [1.807, 2.05) is 18.2 Å². The molecule has 1 aliphatic carbocycles. The van der Waals surface area contributed by atoms with E-state index in [0.29, 0.717) is 29.8 Å². The van der Waals surface area contributed by atoms with E-state index in [2.05, 4.69) is 9.89 Å². The maximum absolute atomic E-state index is 12.8. The number of benzene rings is 2. The summed E-state index contributed by atoms with van der Waals surface area (Å²) >= 11 is 0. The maximum Gasteiger partial charge on any atom is 0.573 e. The molecule has 0 saturated carbocycles. The number of ketones is 1. The van der Waals surface area contributed by atoms with Gasteiger partial charge in [0.25, 0.3) is 0 Å². The lowest BCUT2D eigenvalue weighted by molar-refractivity contribution is -0.274. The second-order valence-electron chi connectivity index (χ2n) is 8.24. The Morgan fingerprint density at radius 1 is 1.15 bits per heavy atom. The third kappa shape index (κ3) is 6.07. The zero-order valence-corrected chi connectivity index (χ0v) is 18.6. The highest BCUT2D eigenvalue weighted by Crippen LogP contribution is 2.37. The minimum Gasteiger partial charge on any atom is -0.489 e. The highest BCUT2D eigenvalue weighted by Gasteiger charge is 2.32. The van der Waals surface area contributed by atoms with Gasteiger partial charge in [0.15, 0.2) is 0 Å². The zero-order chi connectivity index (χ0) is 24.1. The lowest BCUT2D eigenvalue weighted by Gasteiger charge is -2.16. The largest absolute Gasteiger partial charge is 0.573 e. The minimum absolute atomic E-state index is 0.0412. The standard InChI is InChI=1S/C26H24F3NO4/c1-17(31)14-22(24-12-13-33-30-24)20-7-9-21(10-8-20)32-16-18-6-11-25(34-26(27,28)29)23(15-18)19-4-2-3-5-19/h4,6-13,15,22H,2-3,5,14,16H2,1H3/t22-/m0/s1. The third-order valence-corrected chi connectivity index (χ3v) is 5.65. The predicted octanol–water partition coefficient (Wildman–Crippen LogP) is 6.83. The summed E-state index contributed by atoms with van der Waals surface area (Å²) in [7, 11) is 0. The van der Waals surface area contributed by atoms with Crippen LogP contribution in [0.15, 0.2) is 65.4 Å². The molecule has 0 bridgehead atoms. The summed E-state index contributed by atoms with van der Waals surface area (Å²) in [6.07, 6.45) is 1.44. The minimum atomic E-state index is -4.75. The van der Waals surface area contributed by atoms with Crippen LogP contribution < -0.4 is 9.47 Å². The van der Waals surface area contributed by atoms with Crippen LogP contribution in [0, 0.1) is 0 Å². The molecule has 1 aliphatic rings. The topological polar surface area (TPSA) is 61.6 Å². The molecule has 2 aromatic carbocycles. The number of rotatable bonds is 9. The summed E-state index contributed by atoms with van der Waals surface area (Å²) in [5, 5.41) is 3.97. The summed E-state index contributed by atoms with van der Waals surface area (Å²) in [5.74, 6) is 0.231. The molecule has 1 heterocycles. The van der Waals surface area contributed by atoms with Gasteiger partial charge in [-0.05, 0) is 67.2 Å². The summed E-state index contributed by atoms with van der Waals surface area (Å²) in [6, 6.07) is 13.7. The van der Waals surface area contributed by atoms with E-state index < -0.39 is 6.36 Å². The van der Waals surface area contributed by atoms with Gasteiger partial charge in [0.05, 0.1) is 5.69 Å². The van der Waals surface area contributed by atoms with Crippen molar-refractivity contribution in [2.24, 2.45) is 0 Å². The second kappa shape index (κ2) is 10.2. The van der Waals surface area contributed by atoms with Gasteiger partial charge >= 0.3 is 6.36 Å². The van der Waals surface area contributed by atoms with Gasteiger partial charge in [0.1, 0.15) is 30.2 Å². The Morgan fingerprint density at radius 2 is 1.94 bits per heavy atom. The van der Waals surface area contributed by atoms with E-state index in [-0.39, 0.29) is 24.1 Å². The molecule has 8 heteroatoms. The molecule has 4 rings (SSSR count). The number of aromatic nitrogens is 1. The molecule has 5 nitrogen and oxygen atoms in total. The number of carbonyl (C=O) groups excluding carboxylic acids is 1. The fourth-order valence-corrected chi connectivity index (χ4v) is 4.09. The van der Waals surface area contributed by atoms with Crippen molar-refractivity contribution in [2.75, 3.05) is 0 Å². The number of nitrogens with zero attached hydrogens (tertiary/aromatic N) is 1. The van der Waals surface area contributed by atoms with Crippen LogP contribution in [0.1, 0.15) is 60.9 Å². The van der Waals surface area contributed by atoms with Crippen molar-refractivity contribution in [1.29, 1.82) is 0 Å². The first-order valence-electron chi connectivity index (χ1n) is 11.0. The monoisotopic (exact) mass is 471 g/mol. The van der Waals surface area contributed by atoms with Gasteiger partial charge in [-0.3, -0.25) is 4.79 Å². The van der Waals surface area contributed by atoms with Crippen molar-refractivity contribution >= 4 is 11.4 Å². The van der Waals surface area contributed by atoms with Crippen LogP contribution in [-0.2, 0) is 11.4 Å². The van der Waals surface area contributed by atoms with Crippen LogP contribution in [0.2, 0.25) is 0 Å². The number of Topliss-reactive ketones (excluding diaryl/α,β-unsaturated/α-hetero) is 1. The quantitative estimate of drug-likeness (QED) is 0.342. The molecule has 178 valence electrons. The second-order valence-corrected chi connectivity index (χ2v) is 8.24. The normalized spacial score (nSPS) is 14.5. The first-order valence-corrected chi connectivity index (χ1v) is 11.0. The van der Waals surface area contributed by atoms with E-state index >= 15 is 0 Å². The van der Waals surface area contributed by atoms with Crippen molar-refractivity contribution in [2.45, 2.75) is 51.5 Å². The van der Waals surface area contributed by atoms with Gasteiger partial charge in [-0.2, -0.15) is 0 Å². The molecule has 3 aromatic rings. The number of allylic oxidation sites excluding steroid dienone is 2. The summed E-state index contributed by atoms with van der Waals surface area (Å²) in [6.45, 7) is 1.72. The molecule has 0 fully saturated rings. The van der Waals surface area contributed by atoms with E-state index in [0.717, 1.165) is 29.5 Å². The summed E-state index contributed by atoms with van der Waals surface area (Å²) < 4.78 is 53.5. The average Bonchev–Trinajstić information content (AvgIpc) is 3.50. The Labute approximate surface area is 195 Å². The van der Waals surface area contributed by atoms with Crippen LogP contribution >= 0.6 is 0 Å². The molecular weight excluding hydrogens is 447 g/mol. The third-order valence-electron chi connectivity index (χ3n) is 5.65. The van der Waals surface area contributed by atoms with E-state index in [1.165, 1.54) is 19.3 Å². The van der Waals surface area contributed by atoms with Gasteiger partial charge in [0.2, 0.25) is 0 Å². The Kier molecular flexibility index (Phi) is 7.05. The Balaban J connectivity index is 1.48. The van der Waals surface area contributed by atoms with Gasteiger partial charge in [-0.25, -0.2) is 0 Å². The Hall–Kier alpha value is -3.55. The molecule has 1 atom stereocenters. The number of carbonyl (C=O) groups is 1. The first kappa shape index (κ1) is 23.6. The molecule has 1 aromatic heterocycles. The molecule has 0 unspecified atom stereocenters. The summed E-state index contributed by atoms with van der Waals surface area (Å²) in [5.41, 5.74) is 3.62.